The summed E-state index contributed by atoms with van der Waals surface area (Å²) in [5, 5.41) is 8.02. The number of piperidine rings is 1. The van der Waals surface area contributed by atoms with Crippen LogP contribution in [-0.4, -0.2) is 69.4 Å². The quantitative estimate of drug-likeness (QED) is 0.784. The Labute approximate surface area is 151 Å². The minimum Gasteiger partial charge on any atom is -0.408 e. The van der Waals surface area contributed by atoms with Crippen LogP contribution in [0.2, 0.25) is 0 Å². The average molecular weight is 358 g/mol. The first-order chi connectivity index (χ1) is 12.5. The molecule has 0 aliphatic carbocycles. The molecule has 0 radical (unpaired) electrons. The van der Waals surface area contributed by atoms with E-state index in [1.165, 1.54) is 6.20 Å². The van der Waals surface area contributed by atoms with Crippen LogP contribution in [0.15, 0.2) is 16.8 Å². The third kappa shape index (κ3) is 3.26. The van der Waals surface area contributed by atoms with Crippen molar-refractivity contribution < 1.29 is 13.9 Å². The van der Waals surface area contributed by atoms with E-state index in [0.717, 1.165) is 25.1 Å². The molecule has 0 N–H and O–H groups in total. The van der Waals surface area contributed by atoms with E-state index >= 15 is 0 Å². The summed E-state index contributed by atoms with van der Waals surface area (Å²) >= 11 is 0. The number of morpholine rings is 1. The van der Waals surface area contributed by atoms with Crippen LogP contribution in [0.4, 0.5) is 6.01 Å². The van der Waals surface area contributed by atoms with Gasteiger partial charge in [-0.25, -0.2) is 4.98 Å². The second-order valence-electron chi connectivity index (χ2n) is 6.93. The third-order valence-corrected chi connectivity index (χ3v) is 4.86. The summed E-state index contributed by atoms with van der Waals surface area (Å²) in [5.41, 5.74) is 0.734. The van der Waals surface area contributed by atoms with E-state index in [0.29, 0.717) is 43.8 Å². The number of anilines is 1. The minimum absolute atomic E-state index is 0.106. The van der Waals surface area contributed by atoms with Crippen molar-refractivity contribution in [3.8, 4) is 0 Å². The highest BCUT2D eigenvalue weighted by Crippen LogP contribution is 2.31. The lowest BCUT2D eigenvalue weighted by molar-refractivity contribution is -0.105. The largest absolute Gasteiger partial charge is 0.408 e. The van der Waals surface area contributed by atoms with Gasteiger partial charge in [0.15, 0.2) is 0 Å². The molecule has 1 spiro atoms. The zero-order valence-electron chi connectivity index (χ0n) is 15.0. The predicted molar refractivity (Wildman–Crippen MR) is 91.8 cm³/mol. The first-order valence-electron chi connectivity index (χ1n) is 8.82. The van der Waals surface area contributed by atoms with Gasteiger partial charge in [-0.1, -0.05) is 5.10 Å². The molecule has 4 heterocycles. The molecular weight excluding hydrogens is 336 g/mol. The van der Waals surface area contributed by atoms with Crippen LogP contribution in [0, 0.1) is 13.8 Å². The SMILES string of the molecule is Cc1cnc(C(=O)N2CCOC3(CCCN(c4nnc(C)o4)C3)C2)cn1. The normalized spacial score (nSPS) is 23.5. The van der Waals surface area contributed by atoms with E-state index in [2.05, 4.69) is 20.2 Å². The van der Waals surface area contributed by atoms with E-state index in [1.807, 2.05) is 16.7 Å². The Morgan fingerprint density at radius 3 is 2.77 bits per heavy atom. The van der Waals surface area contributed by atoms with Crippen molar-refractivity contribution in [2.75, 3.05) is 37.7 Å². The summed E-state index contributed by atoms with van der Waals surface area (Å²) in [7, 11) is 0. The minimum atomic E-state index is -0.424. The Balaban J connectivity index is 1.50. The zero-order chi connectivity index (χ0) is 18.1. The number of nitrogens with zero attached hydrogens (tertiary/aromatic N) is 6. The van der Waals surface area contributed by atoms with E-state index in [4.69, 9.17) is 9.15 Å². The Bertz CT molecular complexity index is 788. The summed E-state index contributed by atoms with van der Waals surface area (Å²) in [6, 6.07) is 0.512. The lowest BCUT2D eigenvalue weighted by Crippen LogP contribution is -2.61. The standard InChI is InChI=1S/C17H22N6O3/c1-12-8-19-14(9-18-12)15(24)22-6-7-25-17(10-22)4-3-5-23(11-17)16-21-20-13(2)26-16/h8-9H,3-7,10-11H2,1-2H3. The molecule has 2 aliphatic heterocycles. The molecule has 2 aromatic rings. The Morgan fingerprint density at radius 1 is 1.15 bits per heavy atom. The molecule has 1 atom stereocenters. The van der Waals surface area contributed by atoms with Gasteiger partial charge in [0.2, 0.25) is 5.89 Å². The summed E-state index contributed by atoms with van der Waals surface area (Å²) in [4.78, 5) is 25.1. The maximum Gasteiger partial charge on any atom is 0.318 e. The number of amides is 1. The number of carbonyl (C=O) groups excluding carboxylic acids is 1. The summed E-state index contributed by atoms with van der Waals surface area (Å²) in [6.07, 6.45) is 4.98. The average Bonchev–Trinajstić information content (AvgIpc) is 3.08. The van der Waals surface area contributed by atoms with Crippen LogP contribution in [0.1, 0.15) is 34.9 Å². The second kappa shape index (κ2) is 6.64. The summed E-state index contributed by atoms with van der Waals surface area (Å²) in [5.74, 6) is 0.435. The van der Waals surface area contributed by atoms with Crippen LogP contribution >= 0.6 is 0 Å². The molecular formula is C17H22N6O3. The molecule has 2 aromatic heterocycles. The van der Waals surface area contributed by atoms with Crippen LogP contribution < -0.4 is 4.90 Å². The van der Waals surface area contributed by atoms with Crippen LogP contribution in [0.3, 0.4) is 0 Å². The molecule has 9 heteroatoms. The highest BCUT2D eigenvalue weighted by atomic mass is 16.5. The number of hydrogen-bond donors (Lipinski definition) is 0. The molecule has 26 heavy (non-hydrogen) atoms. The Morgan fingerprint density at radius 2 is 2.04 bits per heavy atom. The van der Waals surface area contributed by atoms with Gasteiger partial charge >= 0.3 is 6.01 Å². The molecule has 1 amide bonds. The number of carbonyl (C=O) groups is 1. The van der Waals surface area contributed by atoms with Gasteiger partial charge < -0.3 is 19.0 Å². The lowest BCUT2D eigenvalue weighted by Gasteiger charge is -2.47. The molecule has 0 saturated carbocycles. The fraction of sp³-hybridized carbons (Fsp3) is 0.588. The highest BCUT2D eigenvalue weighted by molar-refractivity contribution is 5.92. The Hall–Kier alpha value is -2.55. The molecule has 2 fully saturated rings. The van der Waals surface area contributed by atoms with Crippen molar-refractivity contribution in [3.63, 3.8) is 0 Å². The number of aromatic nitrogens is 4. The molecule has 9 nitrogen and oxygen atoms in total. The topological polar surface area (TPSA) is 97.5 Å². The molecule has 2 saturated heterocycles. The maximum atomic E-state index is 12.8. The van der Waals surface area contributed by atoms with E-state index in [1.54, 1.807) is 13.1 Å². The van der Waals surface area contributed by atoms with Gasteiger partial charge in [0.05, 0.1) is 31.6 Å². The predicted octanol–water partition coefficient (Wildman–Crippen LogP) is 0.988. The van der Waals surface area contributed by atoms with Crippen molar-refractivity contribution in [1.29, 1.82) is 0 Å². The first-order valence-corrected chi connectivity index (χ1v) is 8.82. The fourth-order valence-corrected chi connectivity index (χ4v) is 3.61. The Kier molecular flexibility index (Phi) is 4.31. The zero-order valence-corrected chi connectivity index (χ0v) is 15.0. The first kappa shape index (κ1) is 16.9. The molecule has 1 unspecified atom stereocenters. The van der Waals surface area contributed by atoms with E-state index in [-0.39, 0.29) is 5.91 Å². The van der Waals surface area contributed by atoms with Gasteiger partial charge in [0, 0.05) is 26.2 Å². The van der Waals surface area contributed by atoms with Crippen LogP contribution in [-0.2, 0) is 4.74 Å². The molecule has 138 valence electrons. The number of ether oxygens (including phenoxy) is 1. The monoisotopic (exact) mass is 358 g/mol. The van der Waals surface area contributed by atoms with Crippen molar-refractivity contribution in [2.45, 2.75) is 32.3 Å². The third-order valence-electron chi connectivity index (χ3n) is 4.86. The molecule has 0 bridgehead atoms. The second-order valence-corrected chi connectivity index (χ2v) is 6.93. The van der Waals surface area contributed by atoms with E-state index < -0.39 is 5.60 Å². The maximum absolute atomic E-state index is 12.8. The molecule has 2 aliphatic rings. The van der Waals surface area contributed by atoms with Crippen LogP contribution in [0.5, 0.6) is 0 Å². The van der Waals surface area contributed by atoms with Gasteiger partial charge in [-0.05, 0) is 19.8 Å². The van der Waals surface area contributed by atoms with Gasteiger partial charge in [0.1, 0.15) is 11.3 Å². The van der Waals surface area contributed by atoms with E-state index in [9.17, 15) is 4.79 Å². The van der Waals surface area contributed by atoms with Gasteiger partial charge in [-0.2, -0.15) is 0 Å². The van der Waals surface area contributed by atoms with Crippen molar-refractivity contribution in [2.24, 2.45) is 0 Å². The summed E-state index contributed by atoms with van der Waals surface area (Å²) in [6.45, 7) is 6.65. The highest BCUT2D eigenvalue weighted by Gasteiger charge is 2.43. The van der Waals surface area contributed by atoms with Crippen molar-refractivity contribution in [3.05, 3.63) is 29.7 Å². The van der Waals surface area contributed by atoms with Gasteiger partial charge in [0.25, 0.3) is 5.91 Å². The van der Waals surface area contributed by atoms with Crippen LogP contribution in [0.25, 0.3) is 0 Å². The van der Waals surface area contributed by atoms with Gasteiger partial charge in [-0.3, -0.25) is 9.78 Å². The molecule has 4 rings (SSSR count). The fourth-order valence-electron chi connectivity index (χ4n) is 3.61. The summed E-state index contributed by atoms with van der Waals surface area (Å²) < 4.78 is 11.7. The number of rotatable bonds is 2. The smallest absolute Gasteiger partial charge is 0.318 e. The number of aryl methyl sites for hydroxylation is 2. The molecule has 0 aromatic carbocycles. The van der Waals surface area contributed by atoms with Crippen molar-refractivity contribution in [1.82, 2.24) is 25.1 Å². The van der Waals surface area contributed by atoms with Gasteiger partial charge in [-0.15, -0.1) is 5.10 Å². The van der Waals surface area contributed by atoms with Crippen molar-refractivity contribution >= 4 is 11.9 Å². The number of hydrogen-bond acceptors (Lipinski definition) is 8. The lowest BCUT2D eigenvalue weighted by atomic mass is 9.90.